The highest BCUT2D eigenvalue weighted by Gasteiger charge is 2.26. The van der Waals surface area contributed by atoms with Crippen LogP contribution in [0.15, 0.2) is 409 Å². The first-order chi connectivity index (χ1) is 60.0. The summed E-state index contributed by atoms with van der Waals surface area (Å²) in [6.45, 7) is 0. The standard InChI is InChI=1S/C55H32N4OS.C55H34N4O/c1-2-13-34(14-3-1)53-56-54(58-55(57-53)43-21-12-20-41-40-18-8-11-24-49(40)61-52(41)43)35-27-25-33(26-28-35)38-29-30-46(51-50(38)42-19-7-10-23-48(42)60-51)59-45-22-9-6-17-39(45)44-31-36-15-4-5-16-37(36)32-47(44)59;1-3-14-35(15-4-1)36-26-28-38(29-27-36)54-56-53(37-16-5-2-6-17-37)57-55(58-54)42-21-13-20-41(32-42)43-30-31-48(52-51(43)45-23-10-12-25-50(45)60-52)59-47-24-11-9-22-44(47)46-33-39-18-7-8-19-40(39)34-49(46)59/h1-32H;1-34H. The van der Waals surface area contributed by atoms with E-state index in [1.54, 1.807) is 11.3 Å². The third-order valence-electron chi connectivity index (χ3n) is 23.7. The Bertz CT molecular complexity index is 8460. The molecule has 7 heterocycles. The Kier molecular flexibility index (Phi) is 16.2. The molecule has 0 fully saturated rings. The van der Waals surface area contributed by atoms with Crippen molar-refractivity contribution in [2.24, 2.45) is 0 Å². The third kappa shape index (κ3) is 11.8. The van der Waals surface area contributed by atoms with Crippen molar-refractivity contribution in [3.8, 4) is 113 Å². The van der Waals surface area contributed by atoms with Crippen LogP contribution in [0.25, 0.3) is 242 Å². The number of hydrogen-bond donors (Lipinski definition) is 0. The molecule has 0 amide bonds. The molecule has 11 heteroatoms. The summed E-state index contributed by atoms with van der Waals surface area (Å²) >= 11 is 1.78. The Balaban J connectivity index is 0.000000137. The van der Waals surface area contributed by atoms with Crippen LogP contribution in [0, 0.1) is 0 Å². The summed E-state index contributed by atoms with van der Waals surface area (Å²) in [7, 11) is 0. The summed E-state index contributed by atoms with van der Waals surface area (Å²) in [5.74, 6) is 3.78. The van der Waals surface area contributed by atoms with Crippen molar-refractivity contribution in [2.75, 3.05) is 0 Å². The zero-order chi connectivity index (χ0) is 79.6. The van der Waals surface area contributed by atoms with Crippen LogP contribution in [-0.4, -0.2) is 39.0 Å². The van der Waals surface area contributed by atoms with E-state index in [4.69, 9.17) is 38.7 Å². The SMILES string of the molecule is c1ccc(-c2ccc(-c3nc(-c4ccccc4)nc(-c4cccc(-c5ccc(-n6c7ccccc7c7cc8ccccc8cc76)c6oc7ccccc7c56)c4)n3)cc2)cc1.c1ccc(-c2nc(-c3ccc(-c4ccc(-n5c6ccccc6c6cc7ccccc7cc65)c5oc6ccccc6c45)cc3)nc(-c3cccc4c3sc3ccccc34)n2)cc1. The number of nitrogens with zero attached hydrogens (tertiary/aromatic N) is 8. The Morgan fingerprint density at radius 3 is 1.08 bits per heavy atom. The van der Waals surface area contributed by atoms with Gasteiger partial charge in [-0.2, -0.15) is 0 Å². The van der Waals surface area contributed by atoms with E-state index in [1.165, 1.54) is 68.8 Å². The monoisotopic (exact) mass is 1560 g/mol. The maximum Gasteiger partial charge on any atom is 0.165 e. The molecule has 0 saturated heterocycles. The van der Waals surface area contributed by atoms with Crippen molar-refractivity contribution in [1.29, 1.82) is 0 Å². The van der Waals surface area contributed by atoms with Crippen LogP contribution in [0.3, 0.4) is 0 Å². The molecule has 0 aliphatic rings. The molecule has 25 rings (SSSR count). The molecule has 0 bridgehead atoms. The van der Waals surface area contributed by atoms with Crippen molar-refractivity contribution in [1.82, 2.24) is 39.0 Å². The Hall–Kier alpha value is -16.1. The number of aromatic nitrogens is 8. The molecule has 10 nitrogen and oxygen atoms in total. The van der Waals surface area contributed by atoms with Gasteiger partial charge in [0.1, 0.15) is 11.2 Å². The normalized spacial score (nSPS) is 11.8. The van der Waals surface area contributed by atoms with E-state index in [1.807, 2.05) is 66.7 Å². The predicted molar refractivity (Wildman–Crippen MR) is 500 cm³/mol. The van der Waals surface area contributed by atoms with Gasteiger partial charge in [-0.15, -0.1) is 11.3 Å². The Labute approximate surface area is 697 Å². The largest absolute Gasteiger partial charge is 0.454 e. The van der Waals surface area contributed by atoms with Gasteiger partial charge >= 0.3 is 0 Å². The molecule has 7 aromatic heterocycles. The fourth-order valence-corrected chi connectivity index (χ4v) is 19.2. The lowest BCUT2D eigenvalue weighted by molar-refractivity contribution is 0.666. The van der Waals surface area contributed by atoms with Crippen LogP contribution >= 0.6 is 11.3 Å². The number of rotatable bonds is 11. The zero-order valence-corrected chi connectivity index (χ0v) is 65.7. The molecular weight excluding hydrogens is 1500 g/mol. The van der Waals surface area contributed by atoms with E-state index in [2.05, 4.69) is 343 Å². The fraction of sp³-hybridized carbons (Fsp3) is 0. The van der Waals surface area contributed by atoms with Crippen LogP contribution in [0.2, 0.25) is 0 Å². The summed E-state index contributed by atoms with van der Waals surface area (Å²) in [4.78, 5) is 30.6. The average molecular weight is 1560 g/mol. The lowest BCUT2D eigenvalue weighted by atomic mass is 9.97. The van der Waals surface area contributed by atoms with E-state index >= 15 is 0 Å². The molecule has 0 atom stereocenters. The van der Waals surface area contributed by atoms with Crippen LogP contribution in [-0.2, 0) is 0 Å². The maximum absolute atomic E-state index is 6.88. The minimum atomic E-state index is 0.607. The van der Waals surface area contributed by atoms with Gasteiger partial charge in [0.05, 0.1) is 33.4 Å². The first-order valence-corrected chi connectivity index (χ1v) is 41.4. The van der Waals surface area contributed by atoms with Crippen molar-refractivity contribution in [2.45, 2.75) is 0 Å². The predicted octanol–water partition coefficient (Wildman–Crippen LogP) is 29.4. The van der Waals surface area contributed by atoms with E-state index < -0.39 is 0 Å². The summed E-state index contributed by atoms with van der Waals surface area (Å²) in [6, 6.07) is 141. The molecule has 25 aromatic rings. The average Bonchev–Trinajstić information content (AvgIpc) is 1.57. The van der Waals surface area contributed by atoms with Crippen LogP contribution in [0.1, 0.15) is 0 Å². The smallest absolute Gasteiger partial charge is 0.165 e. The molecule has 0 radical (unpaired) electrons. The lowest BCUT2D eigenvalue weighted by Gasteiger charge is -2.13. The quantitative estimate of drug-likeness (QED) is 0.126. The van der Waals surface area contributed by atoms with Gasteiger partial charge < -0.3 is 18.0 Å². The molecule has 121 heavy (non-hydrogen) atoms. The minimum Gasteiger partial charge on any atom is -0.454 e. The molecule has 0 N–H and O–H groups in total. The molecule has 0 aliphatic carbocycles. The number of para-hydroxylation sites is 4. The van der Waals surface area contributed by atoms with Crippen LogP contribution in [0.5, 0.6) is 0 Å². The highest BCUT2D eigenvalue weighted by molar-refractivity contribution is 7.26. The van der Waals surface area contributed by atoms with Crippen molar-refractivity contribution < 1.29 is 8.83 Å². The molecule has 564 valence electrons. The van der Waals surface area contributed by atoms with Gasteiger partial charge in [-0.25, -0.2) is 29.9 Å². The second-order valence-corrected chi connectivity index (χ2v) is 31.8. The third-order valence-corrected chi connectivity index (χ3v) is 24.9. The Morgan fingerprint density at radius 1 is 0.207 bits per heavy atom. The van der Waals surface area contributed by atoms with Crippen molar-refractivity contribution in [3.63, 3.8) is 0 Å². The maximum atomic E-state index is 6.88. The molecule has 18 aromatic carbocycles. The van der Waals surface area contributed by atoms with Gasteiger partial charge in [-0.3, -0.25) is 0 Å². The van der Waals surface area contributed by atoms with E-state index in [0.717, 1.165) is 139 Å². The first kappa shape index (κ1) is 69.2. The Morgan fingerprint density at radius 2 is 0.562 bits per heavy atom. The van der Waals surface area contributed by atoms with Crippen LogP contribution in [0.4, 0.5) is 0 Å². The second kappa shape index (κ2) is 28.4. The van der Waals surface area contributed by atoms with Gasteiger partial charge in [0.15, 0.2) is 46.1 Å². The number of fused-ring (bicyclic) bond motifs is 17. The lowest BCUT2D eigenvalue weighted by Crippen LogP contribution is -2.00. The number of benzene rings is 18. The van der Waals surface area contributed by atoms with E-state index in [-0.39, 0.29) is 0 Å². The summed E-state index contributed by atoms with van der Waals surface area (Å²) in [6.07, 6.45) is 0. The summed E-state index contributed by atoms with van der Waals surface area (Å²) in [5.41, 5.74) is 22.1. The first-order valence-electron chi connectivity index (χ1n) is 40.6. The number of thiophene rings is 1. The number of hydrogen-bond acceptors (Lipinski definition) is 9. The van der Waals surface area contributed by atoms with Gasteiger partial charge in [-0.05, 0) is 134 Å². The zero-order valence-electron chi connectivity index (χ0n) is 64.9. The molecular formula is C110H66N8O2S. The highest BCUT2D eigenvalue weighted by Crippen LogP contribution is 2.48. The van der Waals surface area contributed by atoms with Crippen molar-refractivity contribution >= 4 is 141 Å². The number of furan rings is 2. The van der Waals surface area contributed by atoms with Gasteiger partial charge in [0.2, 0.25) is 0 Å². The molecule has 0 aliphatic heterocycles. The van der Waals surface area contributed by atoms with Crippen molar-refractivity contribution in [3.05, 3.63) is 400 Å². The van der Waals surface area contributed by atoms with Gasteiger partial charge in [0.25, 0.3) is 0 Å². The highest BCUT2D eigenvalue weighted by atomic mass is 32.1. The van der Waals surface area contributed by atoms with E-state index in [0.29, 0.717) is 34.9 Å². The summed E-state index contributed by atoms with van der Waals surface area (Å²) in [5, 5.41) is 16.4. The fourth-order valence-electron chi connectivity index (χ4n) is 18.0. The minimum absolute atomic E-state index is 0.607. The van der Waals surface area contributed by atoms with Gasteiger partial charge in [-0.1, -0.05) is 322 Å². The topological polar surface area (TPSA) is 113 Å². The molecule has 0 spiro atoms. The molecule has 0 unspecified atom stereocenters. The second-order valence-electron chi connectivity index (χ2n) is 30.7. The summed E-state index contributed by atoms with van der Waals surface area (Å²) < 4.78 is 20.9. The van der Waals surface area contributed by atoms with E-state index in [9.17, 15) is 0 Å². The molecule has 0 saturated carbocycles. The van der Waals surface area contributed by atoms with Crippen LogP contribution < -0.4 is 0 Å². The van der Waals surface area contributed by atoms with Gasteiger partial charge in [0, 0.05) is 96.6 Å².